The summed E-state index contributed by atoms with van der Waals surface area (Å²) >= 11 is 0. The minimum atomic E-state index is -0.0162. The van der Waals surface area contributed by atoms with Crippen molar-refractivity contribution in [3.05, 3.63) is 17.5 Å². The summed E-state index contributed by atoms with van der Waals surface area (Å²) in [5.74, 6) is 0.00871. The Hall–Kier alpha value is -1.32. The minimum Gasteiger partial charge on any atom is -0.352 e. The maximum Gasteiger partial charge on any atom is 0.254 e. The number of nitrogens with one attached hydrogen (secondary N) is 1. The number of hydrogen-bond donors (Lipinski definition) is 1. The van der Waals surface area contributed by atoms with Gasteiger partial charge < -0.3 is 5.32 Å². The molecule has 1 aromatic rings. The lowest BCUT2D eigenvalue weighted by molar-refractivity contribution is 0.0946. The first-order valence-corrected chi connectivity index (χ1v) is 5.42. The van der Waals surface area contributed by atoms with E-state index in [2.05, 4.69) is 31.2 Å². The van der Waals surface area contributed by atoms with Crippen LogP contribution < -0.4 is 5.32 Å². The van der Waals surface area contributed by atoms with Crippen molar-refractivity contribution in [2.24, 2.45) is 0 Å². The predicted octanol–water partition coefficient (Wildman–Crippen LogP) is 1.31. The zero-order valence-corrected chi connectivity index (χ0v) is 9.50. The fourth-order valence-corrected chi connectivity index (χ4v) is 1.65. The van der Waals surface area contributed by atoms with E-state index in [9.17, 15) is 4.79 Å². The standard InChI is InChI=1S/C11H17N3O/c1-4-11(2,3)14-7-8-9(13-14)5-6-12-10(8)15/h7H,4-6H2,1-3H3,(H,12,15). The van der Waals surface area contributed by atoms with Crippen molar-refractivity contribution in [2.45, 2.75) is 39.2 Å². The molecule has 0 bridgehead atoms. The molecule has 0 saturated heterocycles. The second-order valence-corrected chi connectivity index (χ2v) is 4.61. The van der Waals surface area contributed by atoms with Gasteiger partial charge in [0, 0.05) is 19.2 Å². The van der Waals surface area contributed by atoms with Gasteiger partial charge in [-0.1, -0.05) is 6.92 Å². The Kier molecular flexibility index (Phi) is 2.29. The highest BCUT2D eigenvalue weighted by atomic mass is 16.1. The normalized spacial score (nSPS) is 16.1. The van der Waals surface area contributed by atoms with Crippen LogP contribution in [0.2, 0.25) is 0 Å². The molecule has 1 aromatic heterocycles. The number of aromatic nitrogens is 2. The van der Waals surface area contributed by atoms with Crippen molar-refractivity contribution in [3.8, 4) is 0 Å². The van der Waals surface area contributed by atoms with Gasteiger partial charge in [0.15, 0.2) is 0 Å². The van der Waals surface area contributed by atoms with Crippen LogP contribution in [0, 0.1) is 0 Å². The highest BCUT2D eigenvalue weighted by Gasteiger charge is 2.25. The summed E-state index contributed by atoms with van der Waals surface area (Å²) in [6, 6.07) is 0. The number of fused-ring (bicyclic) bond motifs is 1. The summed E-state index contributed by atoms with van der Waals surface area (Å²) in [4.78, 5) is 11.5. The molecule has 2 heterocycles. The Bertz CT molecular complexity index is 393. The summed E-state index contributed by atoms with van der Waals surface area (Å²) in [5, 5.41) is 7.33. The molecule has 0 fully saturated rings. The summed E-state index contributed by atoms with van der Waals surface area (Å²) in [7, 11) is 0. The Morgan fingerprint density at radius 1 is 1.60 bits per heavy atom. The SMILES string of the molecule is CCC(C)(C)n1cc2c(n1)CCNC2=O. The van der Waals surface area contributed by atoms with E-state index in [1.165, 1.54) is 0 Å². The van der Waals surface area contributed by atoms with Gasteiger partial charge in [0.05, 0.1) is 16.8 Å². The molecule has 1 aliphatic heterocycles. The second-order valence-electron chi connectivity index (χ2n) is 4.61. The average molecular weight is 207 g/mol. The molecule has 0 aromatic carbocycles. The third-order valence-electron chi connectivity index (χ3n) is 3.17. The first-order chi connectivity index (χ1) is 7.04. The molecule has 0 unspecified atom stereocenters. The van der Waals surface area contributed by atoms with Gasteiger partial charge in [-0.2, -0.15) is 5.10 Å². The van der Waals surface area contributed by atoms with Gasteiger partial charge in [-0.05, 0) is 20.3 Å². The van der Waals surface area contributed by atoms with E-state index >= 15 is 0 Å². The molecular formula is C11H17N3O. The third-order valence-corrected chi connectivity index (χ3v) is 3.17. The molecule has 4 nitrogen and oxygen atoms in total. The molecule has 0 atom stereocenters. The molecule has 0 saturated carbocycles. The smallest absolute Gasteiger partial charge is 0.254 e. The van der Waals surface area contributed by atoms with Crippen LogP contribution in [-0.2, 0) is 12.0 Å². The number of hydrogen-bond acceptors (Lipinski definition) is 2. The zero-order chi connectivity index (χ0) is 11.1. The minimum absolute atomic E-state index is 0.00871. The molecule has 2 rings (SSSR count). The number of carbonyl (C=O) groups excluding carboxylic acids is 1. The van der Waals surface area contributed by atoms with Crippen LogP contribution >= 0.6 is 0 Å². The van der Waals surface area contributed by atoms with E-state index in [0.29, 0.717) is 6.54 Å². The summed E-state index contributed by atoms with van der Waals surface area (Å²) < 4.78 is 1.92. The van der Waals surface area contributed by atoms with Crippen molar-refractivity contribution in [3.63, 3.8) is 0 Å². The topological polar surface area (TPSA) is 46.9 Å². The predicted molar refractivity (Wildman–Crippen MR) is 57.9 cm³/mol. The van der Waals surface area contributed by atoms with Gasteiger partial charge >= 0.3 is 0 Å². The van der Waals surface area contributed by atoms with Gasteiger partial charge in [-0.3, -0.25) is 9.48 Å². The number of nitrogens with zero attached hydrogens (tertiary/aromatic N) is 2. The van der Waals surface area contributed by atoms with E-state index < -0.39 is 0 Å². The monoisotopic (exact) mass is 207 g/mol. The third kappa shape index (κ3) is 1.64. The van der Waals surface area contributed by atoms with Gasteiger partial charge in [0.1, 0.15) is 0 Å². The van der Waals surface area contributed by atoms with Gasteiger partial charge in [-0.15, -0.1) is 0 Å². The van der Waals surface area contributed by atoms with E-state index in [0.717, 1.165) is 24.1 Å². The lowest BCUT2D eigenvalue weighted by Gasteiger charge is -2.23. The van der Waals surface area contributed by atoms with Crippen LogP contribution in [0.5, 0.6) is 0 Å². The van der Waals surface area contributed by atoms with E-state index in [-0.39, 0.29) is 11.4 Å². The average Bonchev–Trinajstić information content (AvgIpc) is 2.64. The molecule has 0 radical (unpaired) electrons. The van der Waals surface area contributed by atoms with Crippen LogP contribution in [0.3, 0.4) is 0 Å². The molecule has 1 amide bonds. The summed E-state index contributed by atoms with van der Waals surface area (Å²) in [5.41, 5.74) is 1.65. The first kappa shape index (κ1) is 10.2. The Morgan fingerprint density at radius 2 is 2.33 bits per heavy atom. The summed E-state index contributed by atoms with van der Waals surface area (Å²) in [6.07, 6.45) is 3.70. The van der Waals surface area contributed by atoms with Gasteiger partial charge in [0.2, 0.25) is 0 Å². The van der Waals surface area contributed by atoms with Crippen LogP contribution in [0.4, 0.5) is 0 Å². The van der Waals surface area contributed by atoms with Crippen molar-refractivity contribution < 1.29 is 4.79 Å². The quantitative estimate of drug-likeness (QED) is 0.795. The van der Waals surface area contributed by atoms with E-state index in [1.54, 1.807) is 0 Å². The van der Waals surface area contributed by atoms with Gasteiger partial charge in [0.25, 0.3) is 5.91 Å². The Balaban J connectivity index is 2.41. The molecule has 15 heavy (non-hydrogen) atoms. The van der Waals surface area contributed by atoms with Gasteiger partial charge in [-0.25, -0.2) is 0 Å². The summed E-state index contributed by atoms with van der Waals surface area (Å²) in [6.45, 7) is 7.09. The van der Waals surface area contributed by atoms with Crippen LogP contribution in [0.1, 0.15) is 43.2 Å². The molecule has 4 heteroatoms. The maximum absolute atomic E-state index is 11.5. The highest BCUT2D eigenvalue weighted by molar-refractivity contribution is 5.96. The maximum atomic E-state index is 11.5. The number of carbonyl (C=O) groups is 1. The second kappa shape index (κ2) is 3.36. The van der Waals surface area contributed by atoms with Crippen LogP contribution in [0.15, 0.2) is 6.20 Å². The molecule has 0 aliphatic carbocycles. The molecule has 1 N–H and O–H groups in total. The van der Waals surface area contributed by atoms with Crippen LogP contribution in [-0.4, -0.2) is 22.2 Å². The Labute approximate surface area is 89.7 Å². The van der Waals surface area contributed by atoms with Crippen molar-refractivity contribution in [1.29, 1.82) is 0 Å². The Morgan fingerprint density at radius 3 is 2.93 bits per heavy atom. The van der Waals surface area contributed by atoms with Crippen LogP contribution in [0.25, 0.3) is 0 Å². The number of amides is 1. The lowest BCUT2D eigenvalue weighted by atomic mass is 10.0. The zero-order valence-electron chi connectivity index (χ0n) is 9.50. The highest BCUT2D eigenvalue weighted by Crippen LogP contribution is 2.21. The fraction of sp³-hybridized carbons (Fsp3) is 0.636. The molecule has 82 valence electrons. The molecule has 0 spiro atoms. The fourth-order valence-electron chi connectivity index (χ4n) is 1.65. The molecule has 1 aliphatic rings. The van der Waals surface area contributed by atoms with Crippen molar-refractivity contribution >= 4 is 5.91 Å². The largest absolute Gasteiger partial charge is 0.352 e. The van der Waals surface area contributed by atoms with Crippen molar-refractivity contribution in [2.75, 3.05) is 6.54 Å². The lowest BCUT2D eigenvalue weighted by Crippen LogP contribution is -2.31. The van der Waals surface area contributed by atoms with Crippen molar-refractivity contribution in [1.82, 2.24) is 15.1 Å². The number of rotatable bonds is 2. The van der Waals surface area contributed by atoms with E-state index in [4.69, 9.17) is 0 Å². The first-order valence-electron chi connectivity index (χ1n) is 5.42. The molecular weight excluding hydrogens is 190 g/mol. The van der Waals surface area contributed by atoms with E-state index in [1.807, 2.05) is 10.9 Å².